The van der Waals surface area contributed by atoms with E-state index in [-0.39, 0.29) is 19.0 Å². The summed E-state index contributed by atoms with van der Waals surface area (Å²) in [7, 11) is -8.76. The Morgan fingerprint density at radius 1 is 1.17 bits per heavy atom. The molecule has 2 aromatic heterocycles. The summed E-state index contributed by atoms with van der Waals surface area (Å²) < 4.78 is 33.0. The molecule has 0 radical (unpaired) electrons. The SMILES string of the molecule is Nc1ncnc2c1ncn2CCOCP(=O)(O)OCP(=O)(O)O. The summed E-state index contributed by atoms with van der Waals surface area (Å²) in [4.78, 5) is 38.4. The van der Waals surface area contributed by atoms with Gasteiger partial charge in [-0.15, -0.1) is 0 Å². The third-order valence-electron chi connectivity index (χ3n) is 2.59. The fourth-order valence-electron chi connectivity index (χ4n) is 1.61. The summed E-state index contributed by atoms with van der Waals surface area (Å²) in [5, 5.41) is 0. The van der Waals surface area contributed by atoms with Crippen molar-refractivity contribution in [1.29, 1.82) is 0 Å². The first-order valence-electron chi connectivity index (χ1n) is 6.18. The van der Waals surface area contributed by atoms with Gasteiger partial charge in [0.1, 0.15) is 18.2 Å². The van der Waals surface area contributed by atoms with E-state index < -0.39 is 27.9 Å². The number of rotatable bonds is 8. The average molecular weight is 367 g/mol. The van der Waals surface area contributed by atoms with E-state index in [2.05, 4.69) is 19.5 Å². The zero-order chi connectivity index (χ0) is 17.1. The van der Waals surface area contributed by atoms with Crippen LogP contribution in [0.15, 0.2) is 12.7 Å². The van der Waals surface area contributed by atoms with E-state index in [1.807, 2.05) is 0 Å². The minimum atomic E-state index is -4.52. The maximum atomic E-state index is 11.5. The van der Waals surface area contributed by atoms with Crippen LogP contribution >= 0.6 is 15.2 Å². The second-order valence-electron chi connectivity index (χ2n) is 4.47. The Bertz CT molecular complexity index is 775. The molecule has 12 nitrogen and oxygen atoms in total. The molecule has 128 valence electrons. The number of nitrogens with two attached hydrogens (primary N) is 1. The van der Waals surface area contributed by atoms with E-state index >= 15 is 0 Å². The second-order valence-corrected chi connectivity index (χ2v) is 7.85. The van der Waals surface area contributed by atoms with E-state index in [0.29, 0.717) is 11.2 Å². The molecule has 0 spiro atoms. The van der Waals surface area contributed by atoms with Gasteiger partial charge in [0, 0.05) is 6.54 Å². The third-order valence-corrected chi connectivity index (χ3v) is 4.30. The molecule has 14 heteroatoms. The van der Waals surface area contributed by atoms with Crippen molar-refractivity contribution in [2.24, 2.45) is 0 Å². The van der Waals surface area contributed by atoms with Crippen molar-refractivity contribution in [3.63, 3.8) is 0 Å². The van der Waals surface area contributed by atoms with Crippen LogP contribution in [0.4, 0.5) is 5.82 Å². The molecule has 0 aliphatic rings. The predicted octanol–water partition coefficient (Wildman–Crippen LogP) is -0.280. The number of ether oxygens (including phenoxy) is 1. The van der Waals surface area contributed by atoms with Crippen LogP contribution in [0, 0.1) is 0 Å². The van der Waals surface area contributed by atoms with Gasteiger partial charge < -0.3 is 29.7 Å². The molecule has 0 aliphatic heterocycles. The second kappa shape index (κ2) is 7.02. The van der Waals surface area contributed by atoms with E-state index in [9.17, 15) is 14.0 Å². The van der Waals surface area contributed by atoms with Gasteiger partial charge in [-0.25, -0.2) is 15.0 Å². The molecule has 23 heavy (non-hydrogen) atoms. The molecule has 0 saturated carbocycles. The van der Waals surface area contributed by atoms with Gasteiger partial charge in [-0.05, 0) is 0 Å². The van der Waals surface area contributed by atoms with E-state index in [4.69, 9.17) is 20.3 Å². The molecule has 1 unspecified atom stereocenters. The third kappa shape index (κ3) is 5.33. The number of nitrogen functional groups attached to an aromatic ring is 1. The normalized spacial score (nSPS) is 14.9. The molecular weight excluding hydrogens is 352 g/mol. The zero-order valence-electron chi connectivity index (χ0n) is 11.7. The van der Waals surface area contributed by atoms with Crippen LogP contribution in [0.3, 0.4) is 0 Å². The molecule has 5 N–H and O–H groups in total. The smallest absolute Gasteiger partial charge is 0.354 e. The van der Waals surface area contributed by atoms with Crippen LogP contribution < -0.4 is 5.73 Å². The number of nitrogens with zero attached hydrogens (tertiary/aromatic N) is 4. The van der Waals surface area contributed by atoms with Crippen molar-refractivity contribution in [2.45, 2.75) is 6.54 Å². The highest BCUT2D eigenvalue weighted by Gasteiger charge is 2.25. The number of imidazole rings is 1. The number of hydrogen-bond donors (Lipinski definition) is 4. The minimum absolute atomic E-state index is 0.0270. The lowest BCUT2D eigenvalue weighted by Crippen LogP contribution is -2.08. The highest BCUT2D eigenvalue weighted by Crippen LogP contribution is 2.47. The molecule has 0 aromatic carbocycles. The molecule has 2 heterocycles. The van der Waals surface area contributed by atoms with E-state index in [1.165, 1.54) is 12.7 Å². The zero-order valence-corrected chi connectivity index (χ0v) is 13.5. The Labute approximate surface area is 130 Å². The van der Waals surface area contributed by atoms with Crippen LogP contribution in [0.1, 0.15) is 0 Å². The quantitative estimate of drug-likeness (QED) is 0.355. The number of anilines is 1. The van der Waals surface area contributed by atoms with Crippen molar-refractivity contribution in [1.82, 2.24) is 19.5 Å². The van der Waals surface area contributed by atoms with Gasteiger partial charge in [-0.3, -0.25) is 13.7 Å². The molecule has 2 rings (SSSR count). The first-order chi connectivity index (χ1) is 10.7. The van der Waals surface area contributed by atoms with Gasteiger partial charge in [0.15, 0.2) is 17.8 Å². The Balaban J connectivity index is 1.84. The molecule has 1 atom stereocenters. The fourth-order valence-corrected chi connectivity index (χ4v) is 3.37. The topological polar surface area (TPSA) is 183 Å². The maximum absolute atomic E-state index is 11.5. The molecule has 0 amide bonds. The first kappa shape index (κ1) is 18.0. The fraction of sp³-hybridized carbons (Fsp3) is 0.444. The minimum Gasteiger partial charge on any atom is -0.382 e. The summed E-state index contributed by atoms with van der Waals surface area (Å²) in [6, 6.07) is 0. The van der Waals surface area contributed by atoms with Crippen molar-refractivity contribution in [3.8, 4) is 0 Å². The van der Waals surface area contributed by atoms with E-state index in [0.717, 1.165) is 0 Å². The van der Waals surface area contributed by atoms with Crippen LogP contribution in [0.25, 0.3) is 11.2 Å². The summed E-state index contributed by atoms with van der Waals surface area (Å²) in [6.45, 7) is 0.296. The first-order valence-corrected chi connectivity index (χ1v) is 9.74. The summed E-state index contributed by atoms with van der Waals surface area (Å²) in [5.41, 5.74) is 6.57. The lowest BCUT2D eigenvalue weighted by atomic mass is 10.5. The lowest BCUT2D eigenvalue weighted by molar-refractivity contribution is 0.141. The van der Waals surface area contributed by atoms with Crippen molar-refractivity contribution in [2.75, 3.05) is 25.0 Å². The number of fused-ring (bicyclic) bond motifs is 1. The monoisotopic (exact) mass is 367 g/mol. The Morgan fingerprint density at radius 3 is 2.61 bits per heavy atom. The van der Waals surface area contributed by atoms with Gasteiger partial charge >= 0.3 is 15.2 Å². The van der Waals surface area contributed by atoms with Crippen molar-refractivity contribution >= 4 is 32.2 Å². The molecule has 0 fully saturated rings. The van der Waals surface area contributed by atoms with Gasteiger partial charge in [0.05, 0.1) is 12.9 Å². The van der Waals surface area contributed by atoms with Gasteiger partial charge in [-0.2, -0.15) is 0 Å². The van der Waals surface area contributed by atoms with Gasteiger partial charge in [0.25, 0.3) is 0 Å². The standard InChI is InChI=1S/C9H15N5O7P2/c10-8-7-9(12-3-11-8)14(4-13-7)1-2-20-5-23(18,19)21-6-22(15,16)17/h3-4H,1-2,5-6H2,(H,18,19)(H2,10,11,12)(H2,15,16,17). The Morgan fingerprint density at radius 2 is 1.91 bits per heavy atom. The van der Waals surface area contributed by atoms with E-state index in [1.54, 1.807) is 4.57 Å². The predicted molar refractivity (Wildman–Crippen MR) is 78.4 cm³/mol. The summed E-state index contributed by atoms with van der Waals surface area (Å²) in [6.07, 6.45) is 0.916. The van der Waals surface area contributed by atoms with Crippen LogP contribution in [0.2, 0.25) is 0 Å². The van der Waals surface area contributed by atoms with Gasteiger partial charge in [-0.1, -0.05) is 0 Å². The van der Waals surface area contributed by atoms with Crippen molar-refractivity contribution < 1.29 is 33.1 Å². The molecular formula is C9H15N5O7P2. The lowest BCUT2D eigenvalue weighted by Gasteiger charge is -2.13. The highest BCUT2D eigenvalue weighted by atomic mass is 31.2. The van der Waals surface area contributed by atoms with Crippen LogP contribution in [0.5, 0.6) is 0 Å². The molecule has 0 aliphatic carbocycles. The largest absolute Gasteiger partial charge is 0.382 e. The summed E-state index contributed by atoms with van der Waals surface area (Å²) in [5.74, 6) is 0.236. The van der Waals surface area contributed by atoms with Crippen molar-refractivity contribution in [3.05, 3.63) is 12.7 Å². The molecule has 0 saturated heterocycles. The highest BCUT2D eigenvalue weighted by molar-refractivity contribution is 7.55. The average Bonchev–Trinajstić information content (AvgIpc) is 2.86. The number of aromatic nitrogens is 4. The molecule has 0 bridgehead atoms. The molecule has 2 aromatic rings. The summed E-state index contributed by atoms with van der Waals surface area (Å²) >= 11 is 0. The number of hydrogen-bond acceptors (Lipinski definition) is 8. The Kier molecular flexibility index (Phi) is 5.48. The van der Waals surface area contributed by atoms with Crippen LogP contribution in [-0.4, -0.2) is 53.5 Å². The Hall–Kier alpha value is -1.39. The van der Waals surface area contributed by atoms with Crippen LogP contribution in [-0.2, 0) is 24.9 Å². The van der Waals surface area contributed by atoms with Gasteiger partial charge in [0.2, 0.25) is 0 Å². The maximum Gasteiger partial charge on any atom is 0.354 e.